The molecule has 6 nitrogen and oxygen atoms in total. The Labute approximate surface area is 151 Å². The van der Waals surface area contributed by atoms with Crippen LogP contribution in [0.4, 0.5) is 5.69 Å². The highest BCUT2D eigenvalue weighted by atomic mass is 35.5. The lowest BCUT2D eigenvalue weighted by Gasteiger charge is -2.35. The van der Waals surface area contributed by atoms with E-state index in [1.54, 1.807) is 7.11 Å². The van der Waals surface area contributed by atoms with E-state index in [0.29, 0.717) is 12.3 Å². The van der Waals surface area contributed by atoms with Crippen LogP contribution in [0.15, 0.2) is 39.5 Å². The van der Waals surface area contributed by atoms with Crippen LogP contribution in [0.3, 0.4) is 0 Å². The van der Waals surface area contributed by atoms with Crippen LogP contribution in [0, 0.1) is 0 Å². The van der Waals surface area contributed by atoms with Gasteiger partial charge in [-0.3, -0.25) is 9.69 Å². The van der Waals surface area contributed by atoms with E-state index in [-0.39, 0.29) is 17.4 Å². The predicted molar refractivity (Wildman–Crippen MR) is 96.7 cm³/mol. The highest BCUT2D eigenvalue weighted by molar-refractivity contribution is 6.16. The molecule has 1 N–H and O–H groups in total. The number of benzene rings is 1. The van der Waals surface area contributed by atoms with Crippen molar-refractivity contribution in [3.05, 3.63) is 52.1 Å². The molecule has 0 aliphatic carbocycles. The number of alkyl halides is 1. The molecule has 25 heavy (non-hydrogen) atoms. The molecule has 3 rings (SSSR count). The standard InChI is InChI=1S/C18H21ClN2O4/c1-24-14-4-2-13(3-5-14)21-8-6-20(7-9-21)12-17-18(23)16(22)10-15(11-19)25-17/h2-5,10,23H,6-9,11-12H2,1H3. The molecule has 1 aliphatic rings. The number of ether oxygens (including phenoxy) is 1. The van der Waals surface area contributed by atoms with E-state index in [1.807, 2.05) is 24.3 Å². The topological polar surface area (TPSA) is 66.2 Å². The van der Waals surface area contributed by atoms with Crippen molar-refractivity contribution in [3.63, 3.8) is 0 Å². The smallest absolute Gasteiger partial charge is 0.227 e. The van der Waals surface area contributed by atoms with Gasteiger partial charge in [-0.25, -0.2) is 0 Å². The number of methoxy groups -OCH3 is 1. The van der Waals surface area contributed by atoms with E-state index >= 15 is 0 Å². The zero-order chi connectivity index (χ0) is 17.8. The Balaban J connectivity index is 1.63. The van der Waals surface area contributed by atoms with Gasteiger partial charge >= 0.3 is 0 Å². The van der Waals surface area contributed by atoms with Crippen molar-refractivity contribution in [2.45, 2.75) is 12.4 Å². The zero-order valence-corrected chi connectivity index (χ0v) is 14.8. The van der Waals surface area contributed by atoms with Crippen molar-refractivity contribution in [2.75, 3.05) is 38.2 Å². The average molecular weight is 365 g/mol. The third-order valence-electron chi connectivity index (χ3n) is 4.35. The fraction of sp³-hybridized carbons (Fsp3) is 0.389. The highest BCUT2D eigenvalue weighted by Crippen LogP contribution is 2.22. The molecule has 0 unspecified atom stereocenters. The van der Waals surface area contributed by atoms with Crippen LogP contribution in [0.2, 0.25) is 0 Å². The number of anilines is 1. The number of hydrogen-bond acceptors (Lipinski definition) is 6. The normalized spacial score (nSPS) is 15.4. The first-order valence-corrected chi connectivity index (χ1v) is 8.66. The second kappa shape index (κ2) is 7.80. The van der Waals surface area contributed by atoms with Crippen LogP contribution in [-0.2, 0) is 12.4 Å². The molecule has 2 aromatic rings. The lowest BCUT2D eigenvalue weighted by Crippen LogP contribution is -2.46. The number of piperazine rings is 1. The molecule has 134 valence electrons. The number of nitrogens with zero attached hydrogens (tertiary/aromatic N) is 2. The maximum atomic E-state index is 11.7. The summed E-state index contributed by atoms with van der Waals surface area (Å²) in [5.74, 6) is 1.27. The van der Waals surface area contributed by atoms with Gasteiger partial charge < -0.3 is 19.2 Å². The number of hydrogen-bond donors (Lipinski definition) is 1. The molecule has 0 amide bonds. The lowest BCUT2D eigenvalue weighted by molar-refractivity contribution is 0.220. The second-order valence-electron chi connectivity index (χ2n) is 5.94. The predicted octanol–water partition coefficient (Wildman–Crippen LogP) is 2.42. The maximum Gasteiger partial charge on any atom is 0.227 e. The van der Waals surface area contributed by atoms with Gasteiger partial charge in [-0.15, -0.1) is 11.6 Å². The first kappa shape index (κ1) is 17.6. The van der Waals surface area contributed by atoms with Gasteiger partial charge in [0, 0.05) is 37.9 Å². The van der Waals surface area contributed by atoms with Crippen LogP contribution >= 0.6 is 11.6 Å². The number of rotatable bonds is 5. The Morgan fingerprint density at radius 2 is 1.88 bits per heavy atom. The molecule has 0 saturated carbocycles. The van der Waals surface area contributed by atoms with Gasteiger partial charge in [0.05, 0.1) is 19.5 Å². The summed E-state index contributed by atoms with van der Waals surface area (Å²) in [5, 5.41) is 9.93. The van der Waals surface area contributed by atoms with Crippen LogP contribution in [0.1, 0.15) is 11.5 Å². The van der Waals surface area contributed by atoms with Gasteiger partial charge in [-0.05, 0) is 24.3 Å². The van der Waals surface area contributed by atoms with Crippen LogP contribution in [0.25, 0.3) is 0 Å². The second-order valence-corrected chi connectivity index (χ2v) is 6.21. The maximum absolute atomic E-state index is 11.7. The largest absolute Gasteiger partial charge is 0.502 e. The monoisotopic (exact) mass is 364 g/mol. The van der Waals surface area contributed by atoms with Gasteiger partial charge in [-0.1, -0.05) is 0 Å². The molecular formula is C18H21ClN2O4. The average Bonchev–Trinajstić information content (AvgIpc) is 2.66. The van der Waals surface area contributed by atoms with Gasteiger partial charge in [0.2, 0.25) is 11.2 Å². The van der Waals surface area contributed by atoms with Crippen molar-refractivity contribution in [1.82, 2.24) is 4.90 Å². The Kier molecular flexibility index (Phi) is 5.50. The summed E-state index contributed by atoms with van der Waals surface area (Å²) in [6.45, 7) is 3.71. The van der Waals surface area contributed by atoms with E-state index in [2.05, 4.69) is 9.80 Å². The molecule has 1 saturated heterocycles. The molecule has 1 fully saturated rings. The SMILES string of the molecule is COc1ccc(N2CCN(Cc3oc(CCl)cc(=O)c3O)CC2)cc1. The van der Waals surface area contributed by atoms with Gasteiger partial charge in [0.15, 0.2) is 5.76 Å². The quantitative estimate of drug-likeness (QED) is 0.822. The summed E-state index contributed by atoms with van der Waals surface area (Å²) >= 11 is 5.73. The molecule has 7 heteroatoms. The molecule has 0 spiro atoms. The number of aromatic hydroxyl groups is 1. The van der Waals surface area contributed by atoms with Crippen molar-refractivity contribution < 1.29 is 14.3 Å². The highest BCUT2D eigenvalue weighted by Gasteiger charge is 2.20. The fourth-order valence-electron chi connectivity index (χ4n) is 2.92. The first-order chi connectivity index (χ1) is 12.1. The molecule has 1 aliphatic heterocycles. The Hall–Kier alpha value is -2.18. The van der Waals surface area contributed by atoms with E-state index in [9.17, 15) is 9.90 Å². The van der Waals surface area contributed by atoms with E-state index < -0.39 is 5.43 Å². The summed E-state index contributed by atoms with van der Waals surface area (Å²) in [5.41, 5.74) is 0.702. The minimum atomic E-state index is -0.450. The lowest BCUT2D eigenvalue weighted by atomic mass is 10.2. The first-order valence-electron chi connectivity index (χ1n) is 8.13. The van der Waals surface area contributed by atoms with E-state index in [1.165, 1.54) is 6.07 Å². The van der Waals surface area contributed by atoms with E-state index in [4.69, 9.17) is 20.8 Å². The Bertz CT molecular complexity index is 768. The Morgan fingerprint density at radius 3 is 2.48 bits per heavy atom. The van der Waals surface area contributed by atoms with Crippen molar-refractivity contribution >= 4 is 17.3 Å². The van der Waals surface area contributed by atoms with Crippen molar-refractivity contribution in [2.24, 2.45) is 0 Å². The fourth-order valence-corrected chi connectivity index (χ4v) is 3.05. The number of halogens is 1. The van der Waals surface area contributed by atoms with Gasteiger partial charge in [-0.2, -0.15) is 0 Å². The summed E-state index contributed by atoms with van der Waals surface area (Å²) in [7, 11) is 1.65. The van der Waals surface area contributed by atoms with Crippen molar-refractivity contribution in [3.8, 4) is 11.5 Å². The minimum absolute atomic E-state index is 0.105. The molecule has 0 bridgehead atoms. The summed E-state index contributed by atoms with van der Waals surface area (Å²) in [4.78, 5) is 16.2. The third kappa shape index (κ3) is 4.08. The van der Waals surface area contributed by atoms with E-state index in [0.717, 1.165) is 37.6 Å². The summed E-state index contributed by atoms with van der Waals surface area (Å²) < 4.78 is 10.7. The van der Waals surface area contributed by atoms with Crippen LogP contribution in [-0.4, -0.2) is 43.3 Å². The molecular weight excluding hydrogens is 344 g/mol. The molecule has 0 radical (unpaired) electrons. The third-order valence-corrected chi connectivity index (χ3v) is 4.62. The van der Waals surface area contributed by atoms with Crippen molar-refractivity contribution in [1.29, 1.82) is 0 Å². The molecule has 1 aromatic carbocycles. The minimum Gasteiger partial charge on any atom is -0.502 e. The van der Waals surface area contributed by atoms with Gasteiger partial charge in [0.1, 0.15) is 11.5 Å². The Morgan fingerprint density at radius 1 is 1.20 bits per heavy atom. The summed E-state index contributed by atoms with van der Waals surface area (Å²) in [6, 6.07) is 9.22. The van der Waals surface area contributed by atoms with Crippen LogP contribution < -0.4 is 15.1 Å². The van der Waals surface area contributed by atoms with Crippen LogP contribution in [0.5, 0.6) is 11.5 Å². The molecule has 2 heterocycles. The summed E-state index contributed by atoms with van der Waals surface area (Å²) in [6.07, 6.45) is 0. The zero-order valence-electron chi connectivity index (χ0n) is 14.1. The molecule has 0 atom stereocenters. The molecule has 1 aromatic heterocycles. The van der Waals surface area contributed by atoms with Gasteiger partial charge in [0.25, 0.3) is 0 Å².